The molecule has 0 aromatic rings. The SMILES string of the molecule is CC(C)CC1(C=O)CCC(C)CC1. The smallest absolute Gasteiger partial charge is 0.126 e. The maximum absolute atomic E-state index is 11.1. The molecule has 1 nitrogen and oxygen atoms in total. The van der Waals surface area contributed by atoms with Gasteiger partial charge in [0.1, 0.15) is 6.29 Å². The lowest BCUT2D eigenvalue weighted by atomic mass is 9.68. The quantitative estimate of drug-likeness (QED) is 0.611. The molecule has 0 atom stereocenters. The highest BCUT2D eigenvalue weighted by Crippen LogP contribution is 2.41. The highest BCUT2D eigenvalue weighted by atomic mass is 16.1. The largest absolute Gasteiger partial charge is 0.303 e. The van der Waals surface area contributed by atoms with E-state index in [4.69, 9.17) is 0 Å². The average Bonchev–Trinajstić information content (AvgIpc) is 2.09. The first kappa shape index (κ1) is 10.7. The summed E-state index contributed by atoms with van der Waals surface area (Å²) in [7, 11) is 0. The zero-order valence-corrected chi connectivity index (χ0v) is 9.18. The van der Waals surface area contributed by atoms with Gasteiger partial charge in [0, 0.05) is 5.41 Å². The van der Waals surface area contributed by atoms with Gasteiger partial charge >= 0.3 is 0 Å². The Labute approximate surface area is 81.9 Å². The van der Waals surface area contributed by atoms with E-state index < -0.39 is 0 Å². The van der Waals surface area contributed by atoms with Crippen LogP contribution in [0.5, 0.6) is 0 Å². The Morgan fingerprint density at radius 1 is 1.38 bits per heavy atom. The molecule has 1 heteroatoms. The van der Waals surface area contributed by atoms with Gasteiger partial charge in [0.15, 0.2) is 0 Å². The number of aldehydes is 1. The van der Waals surface area contributed by atoms with Crippen LogP contribution < -0.4 is 0 Å². The van der Waals surface area contributed by atoms with Gasteiger partial charge in [0.2, 0.25) is 0 Å². The second-order valence-corrected chi connectivity index (χ2v) is 5.26. The third kappa shape index (κ3) is 2.82. The fraction of sp³-hybridized carbons (Fsp3) is 0.917. The van der Waals surface area contributed by atoms with Gasteiger partial charge < -0.3 is 4.79 Å². The van der Waals surface area contributed by atoms with E-state index in [1.165, 1.54) is 19.1 Å². The van der Waals surface area contributed by atoms with Crippen LogP contribution in [0.2, 0.25) is 0 Å². The minimum atomic E-state index is 0.0423. The van der Waals surface area contributed by atoms with Crippen molar-refractivity contribution in [2.75, 3.05) is 0 Å². The fourth-order valence-electron chi connectivity index (χ4n) is 2.52. The van der Waals surface area contributed by atoms with Crippen LogP contribution in [0.25, 0.3) is 0 Å². The van der Waals surface area contributed by atoms with E-state index in [-0.39, 0.29) is 5.41 Å². The maximum Gasteiger partial charge on any atom is 0.126 e. The van der Waals surface area contributed by atoms with Crippen LogP contribution in [0, 0.1) is 17.3 Å². The van der Waals surface area contributed by atoms with Crippen molar-refractivity contribution in [3.63, 3.8) is 0 Å². The molecule has 0 aromatic carbocycles. The first-order valence-electron chi connectivity index (χ1n) is 5.54. The summed E-state index contributed by atoms with van der Waals surface area (Å²) in [5.74, 6) is 1.49. The van der Waals surface area contributed by atoms with Crippen LogP contribution in [-0.2, 0) is 4.79 Å². The first-order valence-corrected chi connectivity index (χ1v) is 5.54. The van der Waals surface area contributed by atoms with E-state index in [9.17, 15) is 4.79 Å². The van der Waals surface area contributed by atoms with E-state index in [1.807, 2.05) is 0 Å². The number of hydrogen-bond acceptors (Lipinski definition) is 1. The van der Waals surface area contributed by atoms with Gasteiger partial charge in [-0.15, -0.1) is 0 Å². The average molecular weight is 182 g/mol. The Morgan fingerprint density at radius 2 is 1.92 bits per heavy atom. The van der Waals surface area contributed by atoms with E-state index in [2.05, 4.69) is 20.8 Å². The van der Waals surface area contributed by atoms with Crippen molar-refractivity contribution in [3.8, 4) is 0 Å². The molecule has 1 aliphatic carbocycles. The van der Waals surface area contributed by atoms with Crippen LogP contribution in [-0.4, -0.2) is 6.29 Å². The Balaban J connectivity index is 2.55. The van der Waals surface area contributed by atoms with Gasteiger partial charge in [-0.25, -0.2) is 0 Å². The Kier molecular flexibility index (Phi) is 3.52. The first-order chi connectivity index (χ1) is 6.08. The Bertz CT molecular complexity index is 164. The van der Waals surface area contributed by atoms with Gasteiger partial charge in [-0.1, -0.05) is 20.8 Å². The third-order valence-corrected chi connectivity index (χ3v) is 3.33. The molecule has 1 aliphatic rings. The summed E-state index contributed by atoms with van der Waals surface area (Å²) >= 11 is 0. The van der Waals surface area contributed by atoms with Crippen LogP contribution in [0.1, 0.15) is 52.9 Å². The van der Waals surface area contributed by atoms with Crippen molar-refractivity contribution in [1.82, 2.24) is 0 Å². The maximum atomic E-state index is 11.1. The Hall–Kier alpha value is -0.330. The molecule has 0 aromatic heterocycles. The lowest BCUT2D eigenvalue weighted by Crippen LogP contribution is -2.29. The topological polar surface area (TPSA) is 17.1 Å². The lowest BCUT2D eigenvalue weighted by Gasteiger charge is -2.36. The number of rotatable bonds is 3. The number of carbonyl (C=O) groups is 1. The van der Waals surface area contributed by atoms with Crippen LogP contribution in [0.4, 0.5) is 0 Å². The normalized spacial score (nSPS) is 34.9. The predicted octanol–water partition coefficient (Wildman–Crippen LogP) is 3.43. The van der Waals surface area contributed by atoms with Gasteiger partial charge in [0.05, 0.1) is 0 Å². The van der Waals surface area contributed by atoms with Crippen LogP contribution in [0.3, 0.4) is 0 Å². The van der Waals surface area contributed by atoms with E-state index in [0.717, 1.165) is 25.2 Å². The summed E-state index contributed by atoms with van der Waals surface area (Å²) in [5, 5.41) is 0. The van der Waals surface area contributed by atoms with Crippen LogP contribution in [0.15, 0.2) is 0 Å². The highest BCUT2D eigenvalue weighted by molar-refractivity contribution is 5.59. The summed E-state index contributed by atoms with van der Waals surface area (Å²) < 4.78 is 0. The molecule has 1 saturated carbocycles. The summed E-state index contributed by atoms with van der Waals surface area (Å²) in [5.41, 5.74) is 0.0423. The minimum absolute atomic E-state index is 0.0423. The lowest BCUT2D eigenvalue weighted by molar-refractivity contribution is -0.119. The van der Waals surface area contributed by atoms with Crippen molar-refractivity contribution in [3.05, 3.63) is 0 Å². The van der Waals surface area contributed by atoms with E-state index in [1.54, 1.807) is 0 Å². The molecule has 0 aliphatic heterocycles. The van der Waals surface area contributed by atoms with Gasteiger partial charge in [-0.2, -0.15) is 0 Å². The minimum Gasteiger partial charge on any atom is -0.303 e. The fourth-order valence-corrected chi connectivity index (χ4v) is 2.52. The van der Waals surface area contributed by atoms with E-state index >= 15 is 0 Å². The van der Waals surface area contributed by atoms with Crippen LogP contribution >= 0.6 is 0 Å². The molecule has 0 amide bonds. The molecule has 0 saturated heterocycles. The van der Waals surface area contributed by atoms with Crippen molar-refractivity contribution in [2.24, 2.45) is 17.3 Å². The summed E-state index contributed by atoms with van der Waals surface area (Å²) in [4.78, 5) is 11.1. The molecule has 76 valence electrons. The summed E-state index contributed by atoms with van der Waals surface area (Å²) in [6.07, 6.45) is 7.05. The van der Waals surface area contributed by atoms with Gasteiger partial charge in [-0.3, -0.25) is 0 Å². The molecule has 0 N–H and O–H groups in total. The second kappa shape index (κ2) is 4.26. The molecule has 1 rings (SSSR count). The van der Waals surface area contributed by atoms with Gasteiger partial charge in [0.25, 0.3) is 0 Å². The summed E-state index contributed by atoms with van der Waals surface area (Å²) in [6, 6.07) is 0. The molecule has 0 unspecified atom stereocenters. The monoisotopic (exact) mass is 182 g/mol. The Morgan fingerprint density at radius 3 is 2.31 bits per heavy atom. The highest BCUT2D eigenvalue weighted by Gasteiger charge is 2.34. The van der Waals surface area contributed by atoms with Crippen molar-refractivity contribution in [2.45, 2.75) is 52.9 Å². The van der Waals surface area contributed by atoms with Crippen molar-refractivity contribution in [1.29, 1.82) is 0 Å². The number of hydrogen-bond donors (Lipinski definition) is 0. The predicted molar refractivity (Wildman–Crippen MR) is 55.6 cm³/mol. The van der Waals surface area contributed by atoms with Crippen molar-refractivity contribution >= 4 is 6.29 Å². The zero-order valence-electron chi connectivity index (χ0n) is 9.18. The molecule has 1 fully saturated rings. The zero-order chi connectivity index (χ0) is 9.90. The molecule has 0 spiro atoms. The third-order valence-electron chi connectivity index (χ3n) is 3.33. The molecule has 13 heavy (non-hydrogen) atoms. The van der Waals surface area contributed by atoms with Gasteiger partial charge in [-0.05, 0) is 43.9 Å². The molecular weight excluding hydrogens is 160 g/mol. The summed E-state index contributed by atoms with van der Waals surface area (Å²) in [6.45, 7) is 6.72. The molecular formula is C12H22O. The molecule has 0 heterocycles. The standard InChI is InChI=1S/C12H22O/c1-10(2)8-12(9-13)6-4-11(3)5-7-12/h9-11H,4-8H2,1-3H3. The van der Waals surface area contributed by atoms with E-state index in [0.29, 0.717) is 5.92 Å². The molecule has 0 bridgehead atoms. The van der Waals surface area contributed by atoms with Crippen molar-refractivity contribution < 1.29 is 4.79 Å². The molecule has 0 radical (unpaired) electrons. The number of carbonyl (C=O) groups excluding carboxylic acids is 1. The second-order valence-electron chi connectivity index (χ2n) is 5.26.